The molecule has 2 nitrogen and oxygen atoms in total. The van der Waals surface area contributed by atoms with Crippen molar-refractivity contribution in [2.75, 3.05) is 20.1 Å². The topological polar surface area (TPSA) is 29.3 Å². The third-order valence-corrected chi connectivity index (χ3v) is 4.28. The Morgan fingerprint density at radius 1 is 1.28 bits per heavy atom. The van der Waals surface area contributed by atoms with E-state index >= 15 is 0 Å². The maximum Gasteiger partial charge on any atom is 0.0467 e. The molecule has 1 aromatic rings. The van der Waals surface area contributed by atoms with Crippen LogP contribution in [-0.2, 0) is 0 Å². The highest BCUT2D eigenvalue weighted by atomic mass is 35.5. The van der Waals surface area contributed by atoms with Crippen LogP contribution in [0.15, 0.2) is 24.3 Å². The van der Waals surface area contributed by atoms with E-state index in [0.29, 0.717) is 12.6 Å². The molecule has 1 aromatic carbocycles. The second-order valence-electron chi connectivity index (χ2n) is 5.39. The molecule has 0 heterocycles. The molecule has 0 aliphatic heterocycles. The molecule has 1 unspecified atom stereocenters. The lowest BCUT2D eigenvalue weighted by atomic mass is 10.0. The number of halogens is 1. The standard InChI is InChI=1S/C15H23ClN2/c1-18(11-12-4-2-3-5-12)15(10-17)13-6-8-14(16)9-7-13/h6-9,12,15H,2-5,10-11,17H2,1H3. The normalized spacial score (nSPS) is 18.4. The lowest BCUT2D eigenvalue weighted by molar-refractivity contribution is 0.212. The molecule has 0 radical (unpaired) electrons. The Balaban J connectivity index is 2.00. The average molecular weight is 267 g/mol. The summed E-state index contributed by atoms with van der Waals surface area (Å²) in [5.74, 6) is 0.858. The van der Waals surface area contributed by atoms with Gasteiger partial charge in [-0.2, -0.15) is 0 Å². The van der Waals surface area contributed by atoms with E-state index in [-0.39, 0.29) is 0 Å². The highest BCUT2D eigenvalue weighted by Gasteiger charge is 2.21. The molecule has 2 rings (SSSR count). The van der Waals surface area contributed by atoms with Crippen molar-refractivity contribution >= 4 is 11.6 Å². The van der Waals surface area contributed by atoms with Gasteiger partial charge in [-0.1, -0.05) is 36.6 Å². The number of nitrogens with zero attached hydrogens (tertiary/aromatic N) is 1. The summed E-state index contributed by atoms with van der Waals surface area (Å²) >= 11 is 5.93. The first-order valence-corrected chi connectivity index (χ1v) is 7.24. The first-order valence-electron chi connectivity index (χ1n) is 6.86. The van der Waals surface area contributed by atoms with Gasteiger partial charge in [-0.15, -0.1) is 0 Å². The third kappa shape index (κ3) is 3.47. The minimum absolute atomic E-state index is 0.308. The van der Waals surface area contributed by atoms with Crippen LogP contribution in [0.1, 0.15) is 37.3 Å². The second-order valence-corrected chi connectivity index (χ2v) is 5.83. The molecular formula is C15H23ClN2. The molecule has 0 amide bonds. The number of rotatable bonds is 5. The van der Waals surface area contributed by atoms with Gasteiger partial charge in [0.2, 0.25) is 0 Å². The number of hydrogen-bond acceptors (Lipinski definition) is 2. The van der Waals surface area contributed by atoms with Crippen molar-refractivity contribution in [1.29, 1.82) is 0 Å². The molecule has 2 N–H and O–H groups in total. The summed E-state index contributed by atoms with van der Waals surface area (Å²) in [6.07, 6.45) is 5.55. The van der Waals surface area contributed by atoms with E-state index in [1.807, 2.05) is 12.1 Å². The van der Waals surface area contributed by atoms with E-state index in [9.17, 15) is 0 Å². The molecule has 0 aromatic heterocycles. The van der Waals surface area contributed by atoms with Gasteiger partial charge in [0, 0.05) is 24.2 Å². The van der Waals surface area contributed by atoms with Gasteiger partial charge >= 0.3 is 0 Å². The van der Waals surface area contributed by atoms with E-state index < -0.39 is 0 Å². The predicted molar refractivity (Wildman–Crippen MR) is 77.8 cm³/mol. The Kier molecular flexibility index (Phi) is 5.04. The van der Waals surface area contributed by atoms with Gasteiger partial charge in [0.1, 0.15) is 0 Å². The Labute approximate surface area is 115 Å². The molecule has 0 spiro atoms. The van der Waals surface area contributed by atoms with Gasteiger partial charge in [0.15, 0.2) is 0 Å². The number of likely N-dealkylation sites (N-methyl/N-ethyl adjacent to an activating group) is 1. The summed E-state index contributed by atoms with van der Waals surface area (Å²) < 4.78 is 0. The molecule has 0 bridgehead atoms. The summed E-state index contributed by atoms with van der Waals surface area (Å²) in [5.41, 5.74) is 7.21. The van der Waals surface area contributed by atoms with Gasteiger partial charge < -0.3 is 5.73 Å². The van der Waals surface area contributed by atoms with Crippen molar-refractivity contribution in [2.24, 2.45) is 11.7 Å². The molecular weight excluding hydrogens is 244 g/mol. The summed E-state index contributed by atoms with van der Waals surface area (Å²) in [4.78, 5) is 2.40. The Morgan fingerprint density at radius 2 is 1.89 bits per heavy atom. The minimum atomic E-state index is 0.308. The Morgan fingerprint density at radius 3 is 2.44 bits per heavy atom. The fourth-order valence-corrected chi connectivity index (χ4v) is 3.11. The van der Waals surface area contributed by atoms with E-state index in [1.54, 1.807) is 0 Å². The number of benzene rings is 1. The van der Waals surface area contributed by atoms with Gasteiger partial charge in [-0.05, 0) is 43.5 Å². The Hall–Kier alpha value is -0.570. The number of nitrogens with two attached hydrogens (primary N) is 1. The van der Waals surface area contributed by atoms with Crippen LogP contribution in [-0.4, -0.2) is 25.0 Å². The van der Waals surface area contributed by atoms with Crippen LogP contribution in [0.2, 0.25) is 5.02 Å². The summed E-state index contributed by atoms with van der Waals surface area (Å²) in [6.45, 7) is 1.81. The number of hydrogen-bond donors (Lipinski definition) is 1. The summed E-state index contributed by atoms with van der Waals surface area (Å²) in [7, 11) is 2.18. The highest BCUT2D eigenvalue weighted by molar-refractivity contribution is 6.30. The predicted octanol–water partition coefficient (Wildman–Crippen LogP) is 3.46. The molecule has 1 saturated carbocycles. The molecule has 1 aliphatic rings. The van der Waals surface area contributed by atoms with Gasteiger partial charge in [-0.25, -0.2) is 0 Å². The molecule has 1 atom stereocenters. The fourth-order valence-electron chi connectivity index (χ4n) is 2.98. The molecule has 1 aliphatic carbocycles. The zero-order valence-electron chi connectivity index (χ0n) is 11.1. The Bertz CT molecular complexity index is 357. The van der Waals surface area contributed by atoms with Crippen molar-refractivity contribution < 1.29 is 0 Å². The van der Waals surface area contributed by atoms with Crippen LogP contribution in [0.4, 0.5) is 0 Å². The van der Waals surface area contributed by atoms with Crippen molar-refractivity contribution in [3.63, 3.8) is 0 Å². The third-order valence-electron chi connectivity index (χ3n) is 4.03. The molecule has 3 heteroatoms. The van der Waals surface area contributed by atoms with Gasteiger partial charge in [0.25, 0.3) is 0 Å². The summed E-state index contributed by atoms with van der Waals surface area (Å²) in [6, 6.07) is 8.38. The lowest BCUT2D eigenvalue weighted by Gasteiger charge is -2.29. The van der Waals surface area contributed by atoms with E-state index in [0.717, 1.165) is 17.5 Å². The SMILES string of the molecule is CN(CC1CCCC1)C(CN)c1ccc(Cl)cc1. The first kappa shape index (κ1) is 13.9. The summed E-state index contributed by atoms with van der Waals surface area (Å²) in [5, 5.41) is 0.785. The zero-order valence-corrected chi connectivity index (χ0v) is 11.9. The maximum absolute atomic E-state index is 5.94. The van der Waals surface area contributed by atoms with Crippen LogP contribution in [0.3, 0.4) is 0 Å². The van der Waals surface area contributed by atoms with Crippen molar-refractivity contribution in [3.05, 3.63) is 34.9 Å². The van der Waals surface area contributed by atoms with Crippen LogP contribution < -0.4 is 5.73 Å². The van der Waals surface area contributed by atoms with Crippen molar-refractivity contribution in [2.45, 2.75) is 31.7 Å². The minimum Gasteiger partial charge on any atom is -0.329 e. The maximum atomic E-state index is 5.94. The largest absolute Gasteiger partial charge is 0.329 e. The van der Waals surface area contributed by atoms with E-state index in [2.05, 4.69) is 24.1 Å². The van der Waals surface area contributed by atoms with Crippen LogP contribution in [0.5, 0.6) is 0 Å². The van der Waals surface area contributed by atoms with Crippen molar-refractivity contribution in [3.8, 4) is 0 Å². The van der Waals surface area contributed by atoms with Crippen LogP contribution in [0.25, 0.3) is 0 Å². The van der Waals surface area contributed by atoms with Gasteiger partial charge in [-0.3, -0.25) is 4.90 Å². The quantitative estimate of drug-likeness (QED) is 0.884. The molecule has 18 heavy (non-hydrogen) atoms. The lowest BCUT2D eigenvalue weighted by Crippen LogP contribution is -2.33. The first-order chi connectivity index (χ1) is 8.70. The second kappa shape index (κ2) is 6.55. The van der Waals surface area contributed by atoms with E-state index in [4.69, 9.17) is 17.3 Å². The van der Waals surface area contributed by atoms with Crippen LogP contribution in [0, 0.1) is 5.92 Å². The van der Waals surface area contributed by atoms with Crippen molar-refractivity contribution in [1.82, 2.24) is 4.90 Å². The molecule has 100 valence electrons. The highest BCUT2D eigenvalue weighted by Crippen LogP contribution is 2.28. The van der Waals surface area contributed by atoms with Gasteiger partial charge in [0.05, 0.1) is 0 Å². The smallest absolute Gasteiger partial charge is 0.0467 e. The van der Waals surface area contributed by atoms with Crippen LogP contribution >= 0.6 is 11.6 Å². The van der Waals surface area contributed by atoms with E-state index in [1.165, 1.54) is 31.2 Å². The molecule has 1 fully saturated rings. The molecule has 0 saturated heterocycles. The average Bonchev–Trinajstić information content (AvgIpc) is 2.85. The fraction of sp³-hybridized carbons (Fsp3) is 0.600. The monoisotopic (exact) mass is 266 g/mol. The zero-order chi connectivity index (χ0) is 13.0.